The molecule has 0 aliphatic heterocycles. The summed E-state index contributed by atoms with van der Waals surface area (Å²) in [5.41, 5.74) is 2.54. The molecule has 1 N–H and O–H groups in total. The van der Waals surface area contributed by atoms with E-state index in [0.29, 0.717) is 22.0 Å². The van der Waals surface area contributed by atoms with Crippen LogP contribution in [0.25, 0.3) is 0 Å². The van der Waals surface area contributed by atoms with Gasteiger partial charge in [-0.3, -0.25) is 0 Å². The Morgan fingerprint density at radius 2 is 1.71 bits per heavy atom. The molecule has 0 fully saturated rings. The fourth-order valence-electron chi connectivity index (χ4n) is 2.68. The van der Waals surface area contributed by atoms with Gasteiger partial charge in [0.15, 0.2) is 0 Å². The molecule has 0 saturated carbocycles. The summed E-state index contributed by atoms with van der Waals surface area (Å²) < 4.78 is 0. The lowest BCUT2D eigenvalue weighted by Gasteiger charge is -2.25. The summed E-state index contributed by atoms with van der Waals surface area (Å²) in [6, 6.07) is 16.8. The molecule has 2 atom stereocenters. The van der Waals surface area contributed by atoms with Crippen LogP contribution in [0.2, 0.25) is 10.0 Å². The lowest BCUT2D eigenvalue weighted by Crippen LogP contribution is -2.28. The Labute approximate surface area is 137 Å². The number of benzene rings is 2. The normalized spacial score (nSPS) is 13.9. The van der Waals surface area contributed by atoms with Crippen LogP contribution in [0.5, 0.6) is 0 Å². The molecule has 2 rings (SSSR count). The van der Waals surface area contributed by atoms with Gasteiger partial charge in [0.25, 0.3) is 0 Å². The average molecular weight is 322 g/mol. The molecule has 0 aliphatic carbocycles. The zero-order chi connectivity index (χ0) is 15.2. The van der Waals surface area contributed by atoms with Crippen LogP contribution in [-0.2, 0) is 6.42 Å². The molecule has 112 valence electrons. The van der Waals surface area contributed by atoms with Crippen molar-refractivity contribution in [1.82, 2.24) is 5.32 Å². The third-order valence-electron chi connectivity index (χ3n) is 3.69. The first-order chi connectivity index (χ1) is 10.1. The lowest BCUT2D eigenvalue weighted by atomic mass is 9.89. The average Bonchev–Trinajstić information content (AvgIpc) is 2.49. The van der Waals surface area contributed by atoms with Crippen molar-refractivity contribution in [3.05, 3.63) is 69.7 Å². The first-order valence-electron chi connectivity index (χ1n) is 7.34. The molecule has 0 spiro atoms. The van der Waals surface area contributed by atoms with E-state index >= 15 is 0 Å². The number of nitrogens with one attached hydrogen (secondary N) is 1. The zero-order valence-electron chi connectivity index (χ0n) is 12.4. The van der Waals surface area contributed by atoms with Crippen LogP contribution in [0.4, 0.5) is 0 Å². The molecule has 3 heteroatoms. The van der Waals surface area contributed by atoms with Crippen LogP contribution in [0.1, 0.15) is 31.0 Å². The van der Waals surface area contributed by atoms with Gasteiger partial charge in [-0.15, -0.1) is 0 Å². The van der Waals surface area contributed by atoms with Crippen LogP contribution >= 0.6 is 23.2 Å². The van der Waals surface area contributed by atoms with E-state index < -0.39 is 0 Å². The molecule has 0 radical (unpaired) electrons. The Hall–Kier alpha value is -1.02. The fourth-order valence-corrected chi connectivity index (χ4v) is 3.00. The highest BCUT2D eigenvalue weighted by atomic mass is 35.5. The maximum absolute atomic E-state index is 6.11. The third kappa shape index (κ3) is 4.47. The third-order valence-corrected chi connectivity index (χ3v) is 4.43. The summed E-state index contributed by atoms with van der Waals surface area (Å²) in [5.74, 6) is 0.463. The Bertz CT molecular complexity index is 569. The van der Waals surface area contributed by atoms with Crippen molar-refractivity contribution < 1.29 is 0 Å². The van der Waals surface area contributed by atoms with Crippen molar-refractivity contribution in [3.8, 4) is 0 Å². The van der Waals surface area contributed by atoms with E-state index in [2.05, 4.69) is 55.6 Å². The topological polar surface area (TPSA) is 12.0 Å². The molecule has 2 aromatic rings. The number of rotatable bonds is 6. The molecular weight excluding hydrogens is 301 g/mol. The van der Waals surface area contributed by atoms with E-state index in [0.717, 1.165) is 13.0 Å². The van der Waals surface area contributed by atoms with Gasteiger partial charge in [0.2, 0.25) is 0 Å². The second kappa shape index (κ2) is 7.84. The van der Waals surface area contributed by atoms with Gasteiger partial charge >= 0.3 is 0 Å². The van der Waals surface area contributed by atoms with Crippen molar-refractivity contribution in [2.45, 2.75) is 26.3 Å². The molecule has 0 aliphatic rings. The summed E-state index contributed by atoms with van der Waals surface area (Å²) in [6.07, 6.45) is 0.962. The minimum absolute atomic E-state index is 0.339. The number of hydrogen-bond donors (Lipinski definition) is 1. The van der Waals surface area contributed by atoms with Crippen molar-refractivity contribution in [3.63, 3.8) is 0 Å². The monoisotopic (exact) mass is 321 g/mol. The van der Waals surface area contributed by atoms with Gasteiger partial charge in [-0.2, -0.15) is 0 Å². The predicted octanol–water partition coefficient (Wildman–Crippen LogP) is 5.52. The SMILES string of the molecule is CCNC(c1ccccc1)C(C)Cc1ccc(Cl)c(Cl)c1. The largest absolute Gasteiger partial charge is 0.310 e. The summed E-state index contributed by atoms with van der Waals surface area (Å²) in [6.45, 7) is 5.36. The van der Waals surface area contributed by atoms with E-state index in [1.54, 1.807) is 0 Å². The summed E-state index contributed by atoms with van der Waals surface area (Å²) in [7, 11) is 0. The van der Waals surface area contributed by atoms with E-state index in [1.807, 2.05) is 12.1 Å². The maximum atomic E-state index is 6.11. The quantitative estimate of drug-likeness (QED) is 0.738. The Morgan fingerprint density at radius 3 is 2.33 bits per heavy atom. The molecule has 0 saturated heterocycles. The minimum atomic E-state index is 0.339. The van der Waals surface area contributed by atoms with Crippen LogP contribution < -0.4 is 5.32 Å². The standard InChI is InChI=1S/C18H21Cl2N/c1-3-21-18(15-7-5-4-6-8-15)13(2)11-14-9-10-16(19)17(20)12-14/h4-10,12-13,18,21H,3,11H2,1-2H3. The van der Waals surface area contributed by atoms with E-state index in [9.17, 15) is 0 Å². The summed E-state index contributed by atoms with van der Waals surface area (Å²) >= 11 is 12.1. The van der Waals surface area contributed by atoms with E-state index in [-0.39, 0.29) is 0 Å². The minimum Gasteiger partial charge on any atom is -0.310 e. The number of halogens is 2. The molecule has 0 bridgehead atoms. The van der Waals surface area contributed by atoms with Gasteiger partial charge in [-0.05, 0) is 42.1 Å². The van der Waals surface area contributed by atoms with Gasteiger partial charge in [0.1, 0.15) is 0 Å². The van der Waals surface area contributed by atoms with Gasteiger partial charge in [-0.25, -0.2) is 0 Å². The molecule has 2 unspecified atom stereocenters. The van der Waals surface area contributed by atoms with Gasteiger partial charge in [-0.1, -0.05) is 73.4 Å². The van der Waals surface area contributed by atoms with E-state index in [1.165, 1.54) is 11.1 Å². The van der Waals surface area contributed by atoms with E-state index in [4.69, 9.17) is 23.2 Å². The van der Waals surface area contributed by atoms with Gasteiger partial charge in [0, 0.05) is 6.04 Å². The maximum Gasteiger partial charge on any atom is 0.0595 e. The smallest absolute Gasteiger partial charge is 0.0595 e. The molecule has 2 aromatic carbocycles. The van der Waals surface area contributed by atoms with Crippen LogP contribution in [0.3, 0.4) is 0 Å². The Balaban J connectivity index is 2.15. The van der Waals surface area contributed by atoms with Crippen molar-refractivity contribution >= 4 is 23.2 Å². The molecule has 21 heavy (non-hydrogen) atoms. The molecule has 0 amide bonds. The second-order valence-corrected chi connectivity index (χ2v) is 6.19. The summed E-state index contributed by atoms with van der Waals surface area (Å²) in [4.78, 5) is 0. The zero-order valence-corrected chi connectivity index (χ0v) is 14.0. The van der Waals surface area contributed by atoms with Crippen molar-refractivity contribution in [1.29, 1.82) is 0 Å². The number of hydrogen-bond acceptors (Lipinski definition) is 1. The molecule has 1 nitrogen and oxygen atoms in total. The first-order valence-corrected chi connectivity index (χ1v) is 8.09. The van der Waals surface area contributed by atoms with Crippen LogP contribution in [0.15, 0.2) is 48.5 Å². The molecule has 0 heterocycles. The second-order valence-electron chi connectivity index (χ2n) is 5.38. The van der Waals surface area contributed by atoms with Gasteiger partial charge < -0.3 is 5.32 Å². The van der Waals surface area contributed by atoms with Crippen LogP contribution in [-0.4, -0.2) is 6.54 Å². The van der Waals surface area contributed by atoms with Crippen LogP contribution in [0, 0.1) is 5.92 Å². The van der Waals surface area contributed by atoms with Crippen molar-refractivity contribution in [2.75, 3.05) is 6.54 Å². The molecule has 0 aromatic heterocycles. The lowest BCUT2D eigenvalue weighted by molar-refractivity contribution is 0.391. The predicted molar refractivity (Wildman–Crippen MR) is 92.2 cm³/mol. The Morgan fingerprint density at radius 1 is 1.00 bits per heavy atom. The summed E-state index contributed by atoms with van der Waals surface area (Å²) in [5, 5.41) is 4.82. The highest BCUT2D eigenvalue weighted by Gasteiger charge is 2.18. The van der Waals surface area contributed by atoms with Gasteiger partial charge in [0.05, 0.1) is 10.0 Å². The first kappa shape index (κ1) is 16.4. The highest BCUT2D eigenvalue weighted by Crippen LogP contribution is 2.28. The van der Waals surface area contributed by atoms with Crippen molar-refractivity contribution in [2.24, 2.45) is 5.92 Å². The molecular formula is C18H21Cl2N. The fraction of sp³-hybridized carbons (Fsp3) is 0.333. The highest BCUT2D eigenvalue weighted by molar-refractivity contribution is 6.42. The Kier molecular flexibility index (Phi) is 6.10.